The van der Waals surface area contributed by atoms with Gasteiger partial charge in [0.15, 0.2) is 6.61 Å². The van der Waals surface area contributed by atoms with Gasteiger partial charge in [-0.3, -0.25) is 9.59 Å². The SMILES string of the molecule is CCCNC(=O)CCOCCNC(=O)COc1cccc(C(=O)OCc2ccccc2)c1. The van der Waals surface area contributed by atoms with Gasteiger partial charge >= 0.3 is 5.97 Å². The van der Waals surface area contributed by atoms with Crippen LogP contribution in [0.25, 0.3) is 0 Å². The molecule has 0 aliphatic carbocycles. The van der Waals surface area contributed by atoms with E-state index in [0.717, 1.165) is 12.0 Å². The van der Waals surface area contributed by atoms with Crippen LogP contribution in [0.4, 0.5) is 0 Å². The van der Waals surface area contributed by atoms with Gasteiger partial charge in [0, 0.05) is 19.5 Å². The minimum absolute atomic E-state index is 0.0459. The number of nitrogens with one attached hydrogen (secondary N) is 2. The van der Waals surface area contributed by atoms with Crippen LogP contribution >= 0.6 is 0 Å². The van der Waals surface area contributed by atoms with Crippen molar-refractivity contribution in [3.63, 3.8) is 0 Å². The standard InChI is InChI=1S/C24H30N2O6/c1-2-12-25-22(27)11-14-30-15-13-26-23(28)18-31-21-10-6-9-20(16-21)24(29)32-17-19-7-4-3-5-8-19/h3-10,16H,2,11-15,17-18H2,1H3,(H,25,27)(H,26,28). The summed E-state index contributed by atoms with van der Waals surface area (Å²) in [6, 6.07) is 15.9. The average molecular weight is 443 g/mol. The van der Waals surface area contributed by atoms with E-state index in [1.54, 1.807) is 18.2 Å². The van der Waals surface area contributed by atoms with E-state index in [9.17, 15) is 14.4 Å². The summed E-state index contributed by atoms with van der Waals surface area (Å²) >= 11 is 0. The highest BCUT2D eigenvalue weighted by molar-refractivity contribution is 5.89. The maximum absolute atomic E-state index is 12.2. The van der Waals surface area contributed by atoms with Crippen molar-refractivity contribution in [1.29, 1.82) is 0 Å². The number of carbonyl (C=O) groups excluding carboxylic acids is 3. The molecule has 2 rings (SSSR count). The number of benzene rings is 2. The number of rotatable bonds is 14. The van der Waals surface area contributed by atoms with Crippen molar-refractivity contribution in [2.45, 2.75) is 26.4 Å². The van der Waals surface area contributed by atoms with Gasteiger partial charge in [0.2, 0.25) is 5.91 Å². The first-order valence-electron chi connectivity index (χ1n) is 10.6. The third kappa shape index (κ3) is 10.1. The molecule has 0 aliphatic rings. The third-order valence-electron chi connectivity index (χ3n) is 4.27. The summed E-state index contributed by atoms with van der Waals surface area (Å²) < 4.78 is 16.1. The Hall–Kier alpha value is -3.39. The van der Waals surface area contributed by atoms with Gasteiger partial charge in [-0.2, -0.15) is 0 Å². The summed E-state index contributed by atoms with van der Waals surface area (Å²) in [6.45, 7) is 3.55. The second-order valence-corrected chi connectivity index (χ2v) is 6.94. The van der Waals surface area contributed by atoms with E-state index in [1.165, 1.54) is 6.07 Å². The van der Waals surface area contributed by atoms with Crippen LogP contribution in [0, 0.1) is 0 Å². The van der Waals surface area contributed by atoms with Crippen molar-refractivity contribution in [3.05, 3.63) is 65.7 Å². The second-order valence-electron chi connectivity index (χ2n) is 6.94. The first-order chi connectivity index (χ1) is 15.6. The lowest BCUT2D eigenvalue weighted by atomic mass is 10.2. The van der Waals surface area contributed by atoms with E-state index < -0.39 is 5.97 Å². The molecule has 0 bridgehead atoms. The Morgan fingerprint density at radius 1 is 0.875 bits per heavy atom. The van der Waals surface area contributed by atoms with E-state index in [2.05, 4.69) is 10.6 Å². The van der Waals surface area contributed by atoms with Crippen LogP contribution in [0.3, 0.4) is 0 Å². The predicted octanol–water partition coefficient (Wildman–Crippen LogP) is 2.47. The number of amides is 2. The van der Waals surface area contributed by atoms with Gasteiger partial charge in [0.05, 0.1) is 18.8 Å². The Kier molecular flexibility index (Phi) is 11.3. The lowest BCUT2D eigenvalue weighted by Crippen LogP contribution is -2.32. The molecule has 172 valence electrons. The van der Waals surface area contributed by atoms with Crippen LogP contribution in [0.2, 0.25) is 0 Å². The second kappa shape index (κ2) is 14.6. The Balaban J connectivity index is 1.62. The topological polar surface area (TPSA) is 103 Å². The highest BCUT2D eigenvalue weighted by Crippen LogP contribution is 2.15. The highest BCUT2D eigenvalue weighted by atomic mass is 16.5. The summed E-state index contributed by atoms with van der Waals surface area (Å²) in [5, 5.41) is 5.43. The first kappa shape index (κ1) is 24.9. The molecule has 2 aromatic carbocycles. The van der Waals surface area contributed by atoms with Crippen LogP contribution in [0.15, 0.2) is 54.6 Å². The zero-order valence-electron chi connectivity index (χ0n) is 18.3. The minimum Gasteiger partial charge on any atom is -0.484 e. The monoisotopic (exact) mass is 442 g/mol. The van der Waals surface area contributed by atoms with E-state index in [-0.39, 0.29) is 25.0 Å². The summed E-state index contributed by atoms with van der Waals surface area (Å²) in [7, 11) is 0. The molecule has 0 saturated heterocycles. The molecular weight excluding hydrogens is 412 g/mol. The lowest BCUT2D eigenvalue weighted by molar-refractivity contribution is -0.124. The fraction of sp³-hybridized carbons (Fsp3) is 0.375. The smallest absolute Gasteiger partial charge is 0.338 e. The third-order valence-corrected chi connectivity index (χ3v) is 4.27. The van der Waals surface area contributed by atoms with E-state index >= 15 is 0 Å². The number of esters is 1. The van der Waals surface area contributed by atoms with Crippen molar-refractivity contribution < 1.29 is 28.6 Å². The highest BCUT2D eigenvalue weighted by Gasteiger charge is 2.10. The van der Waals surface area contributed by atoms with Gasteiger partial charge in [-0.1, -0.05) is 43.3 Å². The lowest BCUT2D eigenvalue weighted by Gasteiger charge is -2.09. The van der Waals surface area contributed by atoms with E-state index in [1.807, 2.05) is 37.3 Å². The average Bonchev–Trinajstić information content (AvgIpc) is 2.82. The molecule has 0 spiro atoms. The Morgan fingerprint density at radius 2 is 1.66 bits per heavy atom. The van der Waals surface area contributed by atoms with Crippen molar-refractivity contribution in [1.82, 2.24) is 10.6 Å². The molecule has 0 radical (unpaired) electrons. The van der Waals surface area contributed by atoms with Gasteiger partial charge in [0.1, 0.15) is 12.4 Å². The Morgan fingerprint density at radius 3 is 2.44 bits per heavy atom. The minimum atomic E-state index is -0.468. The van der Waals surface area contributed by atoms with Gasteiger partial charge in [-0.25, -0.2) is 4.79 Å². The molecule has 32 heavy (non-hydrogen) atoms. The normalized spacial score (nSPS) is 10.3. The number of hydrogen-bond acceptors (Lipinski definition) is 6. The van der Waals surface area contributed by atoms with Crippen molar-refractivity contribution >= 4 is 17.8 Å². The van der Waals surface area contributed by atoms with Gasteiger partial charge in [-0.05, 0) is 30.2 Å². The van der Waals surface area contributed by atoms with E-state index in [0.29, 0.717) is 44.0 Å². The predicted molar refractivity (Wildman–Crippen MR) is 119 cm³/mol. The molecule has 8 heteroatoms. The summed E-state index contributed by atoms with van der Waals surface area (Å²) in [5.74, 6) is -0.435. The maximum atomic E-state index is 12.2. The van der Waals surface area contributed by atoms with Crippen LogP contribution < -0.4 is 15.4 Å². The largest absolute Gasteiger partial charge is 0.484 e. The summed E-state index contributed by atoms with van der Waals surface area (Å²) in [5.41, 5.74) is 1.24. The number of hydrogen-bond donors (Lipinski definition) is 2. The molecule has 0 unspecified atom stereocenters. The van der Waals surface area contributed by atoms with Gasteiger partial charge < -0.3 is 24.8 Å². The zero-order chi connectivity index (χ0) is 23.0. The Labute approximate surface area is 188 Å². The Bertz CT molecular complexity index is 857. The number of carbonyl (C=O) groups is 3. The first-order valence-corrected chi connectivity index (χ1v) is 10.6. The zero-order valence-corrected chi connectivity index (χ0v) is 18.3. The van der Waals surface area contributed by atoms with Crippen LogP contribution in [-0.4, -0.2) is 50.7 Å². The molecule has 8 nitrogen and oxygen atoms in total. The fourth-order valence-corrected chi connectivity index (χ4v) is 2.60. The molecule has 2 N–H and O–H groups in total. The van der Waals surface area contributed by atoms with Crippen molar-refractivity contribution in [3.8, 4) is 5.75 Å². The van der Waals surface area contributed by atoms with Crippen LogP contribution in [-0.2, 0) is 25.7 Å². The van der Waals surface area contributed by atoms with Crippen molar-refractivity contribution in [2.75, 3.05) is 32.9 Å². The molecule has 0 aromatic heterocycles. The molecule has 2 amide bonds. The van der Waals surface area contributed by atoms with E-state index in [4.69, 9.17) is 14.2 Å². The van der Waals surface area contributed by atoms with Crippen LogP contribution in [0.5, 0.6) is 5.75 Å². The molecule has 0 aliphatic heterocycles. The van der Waals surface area contributed by atoms with Gasteiger partial charge in [-0.15, -0.1) is 0 Å². The molecule has 0 fully saturated rings. The molecule has 0 saturated carbocycles. The quantitative estimate of drug-likeness (QED) is 0.344. The molecule has 0 atom stereocenters. The van der Waals surface area contributed by atoms with Crippen LogP contribution in [0.1, 0.15) is 35.7 Å². The summed E-state index contributed by atoms with van der Waals surface area (Å²) in [6.07, 6.45) is 1.19. The number of ether oxygens (including phenoxy) is 3. The van der Waals surface area contributed by atoms with Crippen molar-refractivity contribution in [2.24, 2.45) is 0 Å². The summed E-state index contributed by atoms with van der Waals surface area (Å²) in [4.78, 5) is 35.6. The molecule has 2 aromatic rings. The fourth-order valence-electron chi connectivity index (χ4n) is 2.60. The maximum Gasteiger partial charge on any atom is 0.338 e. The molecular formula is C24H30N2O6. The molecule has 0 heterocycles. The van der Waals surface area contributed by atoms with Gasteiger partial charge in [0.25, 0.3) is 5.91 Å².